The van der Waals surface area contributed by atoms with Gasteiger partial charge in [0.2, 0.25) is 5.95 Å². The summed E-state index contributed by atoms with van der Waals surface area (Å²) in [5, 5.41) is 13.1. The van der Waals surface area contributed by atoms with Gasteiger partial charge in [0, 0.05) is 29.6 Å². The first-order valence-corrected chi connectivity index (χ1v) is 8.49. The number of non-ortho nitro benzene ring substituents is 1. The summed E-state index contributed by atoms with van der Waals surface area (Å²) in [6.07, 6.45) is -8.66. The molecule has 1 aromatic heterocycles. The van der Waals surface area contributed by atoms with Crippen molar-refractivity contribution in [1.82, 2.24) is 9.97 Å². The highest BCUT2D eigenvalue weighted by atomic mass is 19.4. The van der Waals surface area contributed by atoms with Crippen LogP contribution in [0.15, 0.2) is 48.7 Å². The van der Waals surface area contributed by atoms with Crippen LogP contribution in [0.5, 0.6) is 0 Å². The standard InChI is InChI=1S/C19H12F6N4O2/c1-10-9-26-17(28-16(10)11-2-4-15(5-3-11)29(30)31)27-14-7-12(18(20,21)22)6-13(8-14)19(23,24)25/h2-9H,1H3,(H,26,27,28). The summed E-state index contributed by atoms with van der Waals surface area (Å²) in [7, 11) is 0. The van der Waals surface area contributed by atoms with Gasteiger partial charge in [-0.2, -0.15) is 26.3 Å². The fourth-order valence-corrected chi connectivity index (χ4v) is 2.69. The summed E-state index contributed by atoms with van der Waals surface area (Å²) in [4.78, 5) is 18.2. The van der Waals surface area contributed by atoms with Crippen LogP contribution in [0, 0.1) is 17.0 Å². The van der Waals surface area contributed by atoms with Gasteiger partial charge in [-0.05, 0) is 42.8 Å². The molecule has 0 amide bonds. The normalized spacial score (nSPS) is 12.0. The molecule has 1 heterocycles. The van der Waals surface area contributed by atoms with Crippen molar-refractivity contribution in [1.29, 1.82) is 0 Å². The Hall–Kier alpha value is -3.70. The van der Waals surface area contributed by atoms with Gasteiger partial charge in [-0.15, -0.1) is 0 Å². The van der Waals surface area contributed by atoms with E-state index in [0.29, 0.717) is 29.0 Å². The summed E-state index contributed by atoms with van der Waals surface area (Å²) in [6.45, 7) is 1.63. The topological polar surface area (TPSA) is 81.0 Å². The second-order valence-corrected chi connectivity index (χ2v) is 6.45. The Morgan fingerprint density at radius 1 is 0.935 bits per heavy atom. The monoisotopic (exact) mass is 442 g/mol. The zero-order valence-corrected chi connectivity index (χ0v) is 15.5. The largest absolute Gasteiger partial charge is 0.416 e. The first kappa shape index (κ1) is 22.0. The van der Waals surface area contributed by atoms with Crippen molar-refractivity contribution >= 4 is 17.3 Å². The smallest absolute Gasteiger partial charge is 0.324 e. The molecule has 0 fully saturated rings. The molecule has 162 valence electrons. The number of aromatic nitrogens is 2. The minimum Gasteiger partial charge on any atom is -0.324 e. The first-order chi connectivity index (χ1) is 14.3. The average molecular weight is 442 g/mol. The van der Waals surface area contributed by atoms with Crippen molar-refractivity contribution in [3.63, 3.8) is 0 Å². The van der Waals surface area contributed by atoms with Crippen molar-refractivity contribution < 1.29 is 31.3 Å². The van der Waals surface area contributed by atoms with Crippen LogP contribution in [0.3, 0.4) is 0 Å². The van der Waals surface area contributed by atoms with E-state index in [2.05, 4.69) is 15.3 Å². The SMILES string of the molecule is Cc1cnc(Nc2cc(C(F)(F)F)cc(C(F)(F)F)c2)nc1-c1ccc([N+](=O)[O-])cc1. The molecule has 0 bridgehead atoms. The number of nitro benzene ring substituents is 1. The van der Waals surface area contributed by atoms with Gasteiger partial charge in [0.15, 0.2) is 0 Å². The lowest BCUT2D eigenvalue weighted by Gasteiger charge is -2.15. The zero-order valence-electron chi connectivity index (χ0n) is 15.5. The number of rotatable bonds is 4. The van der Waals surface area contributed by atoms with Gasteiger partial charge in [0.25, 0.3) is 5.69 Å². The third-order valence-corrected chi connectivity index (χ3v) is 4.17. The van der Waals surface area contributed by atoms with Gasteiger partial charge in [-0.3, -0.25) is 10.1 Å². The molecular weight excluding hydrogens is 430 g/mol. The minimum absolute atomic E-state index is 0.0173. The quantitative estimate of drug-likeness (QED) is 0.298. The number of hydrogen-bond donors (Lipinski definition) is 1. The van der Waals surface area contributed by atoms with Gasteiger partial charge in [-0.1, -0.05) is 0 Å². The second-order valence-electron chi connectivity index (χ2n) is 6.45. The number of nitrogens with one attached hydrogen (secondary N) is 1. The molecule has 0 radical (unpaired) electrons. The van der Waals surface area contributed by atoms with Gasteiger partial charge < -0.3 is 5.32 Å². The lowest BCUT2D eigenvalue weighted by molar-refractivity contribution is -0.384. The Labute approximate surface area is 170 Å². The molecule has 0 aliphatic rings. The van der Waals surface area contributed by atoms with E-state index in [-0.39, 0.29) is 17.7 Å². The molecule has 0 saturated heterocycles. The molecular formula is C19H12F6N4O2. The van der Waals surface area contributed by atoms with E-state index in [1.54, 1.807) is 6.92 Å². The van der Waals surface area contributed by atoms with Crippen molar-refractivity contribution in [3.8, 4) is 11.3 Å². The van der Waals surface area contributed by atoms with Crippen LogP contribution in [0.2, 0.25) is 0 Å². The third kappa shape index (κ3) is 5.08. The summed E-state index contributed by atoms with van der Waals surface area (Å²) in [5.41, 5.74) is -2.32. The van der Waals surface area contributed by atoms with Crippen molar-refractivity contribution in [2.45, 2.75) is 19.3 Å². The van der Waals surface area contributed by atoms with E-state index < -0.39 is 34.1 Å². The molecule has 6 nitrogen and oxygen atoms in total. The maximum Gasteiger partial charge on any atom is 0.416 e. The Morgan fingerprint density at radius 2 is 1.48 bits per heavy atom. The van der Waals surface area contributed by atoms with Gasteiger partial charge in [0.1, 0.15) is 0 Å². The highest BCUT2D eigenvalue weighted by Crippen LogP contribution is 2.38. The number of halogens is 6. The molecule has 0 unspecified atom stereocenters. The molecule has 31 heavy (non-hydrogen) atoms. The fourth-order valence-electron chi connectivity index (χ4n) is 2.69. The highest BCUT2D eigenvalue weighted by Gasteiger charge is 2.37. The summed E-state index contributed by atoms with van der Waals surface area (Å²) >= 11 is 0. The van der Waals surface area contributed by atoms with Gasteiger partial charge in [0.05, 0.1) is 21.7 Å². The number of anilines is 2. The predicted molar refractivity (Wildman–Crippen MR) is 98.6 cm³/mol. The van der Waals surface area contributed by atoms with Crippen LogP contribution in [-0.4, -0.2) is 14.9 Å². The van der Waals surface area contributed by atoms with E-state index in [9.17, 15) is 36.5 Å². The Balaban J connectivity index is 2.00. The number of nitrogens with zero attached hydrogens (tertiary/aromatic N) is 3. The summed E-state index contributed by atoms with van der Waals surface area (Å²) in [6, 6.07) is 6.38. The number of hydrogen-bond acceptors (Lipinski definition) is 5. The maximum atomic E-state index is 13.0. The van der Waals surface area contributed by atoms with Crippen molar-refractivity contribution in [2.75, 3.05) is 5.32 Å². The van der Waals surface area contributed by atoms with Gasteiger partial charge >= 0.3 is 12.4 Å². The predicted octanol–water partition coefficient (Wildman–Crippen LogP) is 6.14. The second kappa shape index (κ2) is 7.85. The minimum atomic E-state index is -4.99. The van der Waals surface area contributed by atoms with E-state index >= 15 is 0 Å². The van der Waals surface area contributed by atoms with E-state index in [1.165, 1.54) is 30.5 Å². The molecule has 0 saturated carbocycles. The van der Waals surface area contributed by atoms with Crippen molar-refractivity contribution in [2.24, 2.45) is 0 Å². The molecule has 1 N–H and O–H groups in total. The Bertz CT molecular complexity index is 1100. The number of aryl methyl sites for hydroxylation is 1. The van der Waals surface area contributed by atoms with Crippen molar-refractivity contribution in [3.05, 3.63) is 75.5 Å². The van der Waals surface area contributed by atoms with Crippen LogP contribution in [0.25, 0.3) is 11.3 Å². The van der Waals surface area contributed by atoms with Gasteiger partial charge in [-0.25, -0.2) is 9.97 Å². The molecule has 0 atom stereocenters. The van der Waals surface area contributed by atoms with Crippen LogP contribution >= 0.6 is 0 Å². The highest BCUT2D eigenvalue weighted by molar-refractivity contribution is 5.66. The fraction of sp³-hybridized carbons (Fsp3) is 0.158. The van der Waals surface area contributed by atoms with Crippen LogP contribution < -0.4 is 5.32 Å². The molecule has 0 aliphatic carbocycles. The third-order valence-electron chi connectivity index (χ3n) is 4.17. The molecule has 0 spiro atoms. The molecule has 12 heteroatoms. The van der Waals surface area contributed by atoms with Crippen LogP contribution in [0.1, 0.15) is 16.7 Å². The van der Waals surface area contributed by atoms with E-state index in [0.717, 1.165) is 0 Å². The number of nitro groups is 1. The summed E-state index contributed by atoms with van der Waals surface area (Å²) < 4.78 is 78.2. The Kier molecular flexibility index (Phi) is 5.57. The lowest BCUT2D eigenvalue weighted by atomic mass is 10.1. The van der Waals surface area contributed by atoms with Crippen LogP contribution in [0.4, 0.5) is 43.7 Å². The number of alkyl halides is 6. The average Bonchev–Trinajstić information content (AvgIpc) is 2.68. The Morgan fingerprint density at radius 3 is 1.97 bits per heavy atom. The van der Waals surface area contributed by atoms with E-state index in [4.69, 9.17) is 0 Å². The number of benzene rings is 2. The maximum absolute atomic E-state index is 13.0. The molecule has 2 aromatic carbocycles. The zero-order chi connectivity index (χ0) is 23.0. The van der Waals surface area contributed by atoms with E-state index in [1.807, 2.05) is 0 Å². The molecule has 3 rings (SSSR count). The van der Waals surface area contributed by atoms with Crippen LogP contribution in [-0.2, 0) is 12.4 Å². The molecule has 3 aromatic rings. The summed E-state index contributed by atoms with van der Waals surface area (Å²) in [5.74, 6) is -0.244. The lowest BCUT2D eigenvalue weighted by Crippen LogP contribution is -2.12. The molecule has 0 aliphatic heterocycles. The first-order valence-electron chi connectivity index (χ1n) is 8.49.